The number of hydrogen-bond donors (Lipinski definition) is 1. The zero-order valence-corrected chi connectivity index (χ0v) is 13.1. The number of allylic oxidation sites excluding steroid dienone is 2. The molecule has 3 nitrogen and oxygen atoms in total. The molecule has 2 heterocycles. The average molecular weight is 340 g/mol. The first-order valence-corrected chi connectivity index (χ1v) is 7.76. The predicted molar refractivity (Wildman–Crippen MR) is 90.5 cm³/mol. The maximum Gasteiger partial charge on any atom is 0.131 e. The lowest BCUT2D eigenvalue weighted by Gasteiger charge is -2.29. The van der Waals surface area contributed by atoms with Gasteiger partial charge in [0.25, 0.3) is 0 Å². The number of rotatable bonds is 1. The first kappa shape index (κ1) is 12.8. The van der Waals surface area contributed by atoms with Crippen molar-refractivity contribution >= 4 is 33.1 Å². The quantitative estimate of drug-likeness (QED) is 0.832. The Morgan fingerprint density at radius 2 is 2.00 bits per heavy atom. The van der Waals surface area contributed by atoms with E-state index in [4.69, 9.17) is 4.99 Å². The highest BCUT2D eigenvalue weighted by Crippen LogP contribution is 2.39. The topological polar surface area (TPSA) is 36.8 Å². The number of nitrogens with one attached hydrogen (secondary N) is 1. The summed E-state index contributed by atoms with van der Waals surface area (Å²) in [6, 6.07) is 10.6. The van der Waals surface area contributed by atoms with Crippen molar-refractivity contribution in [3.05, 3.63) is 64.2 Å². The third kappa shape index (κ3) is 2.02. The van der Waals surface area contributed by atoms with Gasteiger partial charge in [-0.15, -0.1) is 0 Å². The Balaban J connectivity index is 1.96. The van der Waals surface area contributed by atoms with Crippen molar-refractivity contribution in [1.29, 1.82) is 0 Å². The Kier molecular flexibility index (Phi) is 2.93. The van der Waals surface area contributed by atoms with Crippen LogP contribution in [0.1, 0.15) is 12.5 Å². The minimum Gasteiger partial charge on any atom is -0.264 e. The highest BCUT2D eigenvalue weighted by molar-refractivity contribution is 9.11. The van der Waals surface area contributed by atoms with Crippen LogP contribution < -0.4 is 5.43 Å². The van der Waals surface area contributed by atoms with Crippen LogP contribution in [0.15, 0.2) is 68.7 Å². The Labute approximate surface area is 132 Å². The molecule has 1 aliphatic carbocycles. The van der Waals surface area contributed by atoms with Gasteiger partial charge in [-0.1, -0.05) is 52.3 Å². The molecule has 0 saturated carbocycles. The number of benzene rings is 1. The van der Waals surface area contributed by atoms with Gasteiger partial charge in [-0.2, -0.15) is 5.10 Å². The number of dihydropyridines is 1. The van der Waals surface area contributed by atoms with Crippen LogP contribution in [0.4, 0.5) is 0 Å². The second-order valence-electron chi connectivity index (χ2n) is 5.38. The number of hydrazone groups is 1. The zero-order valence-electron chi connectivity index (χ0n) is 11.5. The summed E-state index contributed by atoms with van der Waals surface area (Å²) >= 11 is 3.58. The van der Waals surface area contributed by atoms with Gasteiger partial charge in [0, 0.05) is 4.48 Å². The van der Waals surface area contributed by atoms with Crippen molar-refractivity contribution in [2.75, 3.05) is 0 Å². The number of fused-ring (bicyclic) bond motifs is 2. The lowest BCUT2D eigenvalue weighted by molar-refractivity contribution is 0.893. The van der Waals surface area contributed by atoms with Gasteiger partial charge in [-0.05, 0) is 35.8 Å². The molecule has 4 rings (SSSR count). The summed E-state index contributed by atoms with van der Waals surface area (Å²) in [6.45, 7) is 2.06. The van der Waals surface area contributed by atoms with E-state index >= 15 is 0 Å². The lowest BCUT2D eigenvalue weighted by Crippen LogP contribution is -2.32. The number of amidine groups is 1. The molecule has 0 spiro atoms. The normalized spacial score (nSPS) is 26.5. The minimum absolute atomic E-state index is 0.0707. The van der Waals surface area contributed by atoms with Gasteiger partial charge >= 0.3 is 0 Å². The molecular weight excluding hydrogens is 326 g/mol. The highest BCUT2D eigenvalue weighted by atomic mass is 79.9. The molecule has 3 aliphatic rings. The first-order chi connectivity index (χ1) is 10.2. The van der Waals surface area contributed by atoms with Crippen molar-refractivity contribution in [1.82, 2.24) is 5.43 Å². The summed E-state index contributed by atoms with van der Waals surface area (Å²) in [5, 5.41) is 4.38. The van der Waals surface area contributed by atoms with Gasteiger partial charge in [0.1, 0.15) is 5.84 Å². The van der Waals surface area contributed by atoms with Crippen molar-refractivity contribution in [3.63, 3.8) is 0 Å². The molecule has 0 aromatic heterocycles. The third-order valence-corrected chi connectivity index (χ3v) is 4.54. The smallest absolute Gasteiger partial charge is 0.131 e. The molecule has 0 saturated heterocycles. The van der Waals surface area contributed by atoms with E-state index in [9.17, 15) is 0 Å². The second kappa shape index (κ2) is 4.81. The molecule has 1 aromatic carbocycles. The van der Waals surface area contributed by atoms with Crippen LogP contribution in [-0.2, 0) is 0 Å². The Morgan fingerprint density at radius 1 is 1.19 bits per heavy atom. The monoisotopic (exact) mass is 339 g/mol. The largest absolute Gasteiger partial charge is 0.264 e. The SMILES string of the molecule is CC1=NNC2=N[C@@H]3C=CC(Br)=CC3=C(c3ccccc3)[C@@H]12. The number of hydrogen-bond acceptors (Lipinski definition) is 3. The maximum absolute atomic E-state index is 4.81. The van der Waals surface area contributed by atoms with Gasteiger partial charge in [0.15, 0.2) is 0 Å². The van der Waals surface area contributed by atoms with E-state index in [1.54, 1.807) is 0 Å². The molecule has 104 valence electrons. The number of nitrogens with zero attached hydrogens (tertiary/aromatic N) is 2. The lowest BCUT2D eigenvalue weighted by atomic mass is 9.80. The van der Waals surface area contributed by atoms with Crippen LogP contribution in [0.5, 0.6) is 0 Å². The molecule has 4 heteroatoms. The van der Waals surface area contributed by atoms with Crippen LogP contribution in [-0.4, -0.2) is 17.6 Å². The predicted octanol–water partition coefficient (Wildman–Crippen LogP) is 3.66. The van der Waals surface area contributed by atoms with Crippen molar-refractivity contribution in [2.45, 2.75) is 13.0 Å². The van der Waals surface area contributed by atoms with E-state index in [1.165, 1.54) is 16.7 Å². The van der Waals surface area contributed by atoms with E-state index in [-0.39, 0.29) is 12.0 Å². The standard InChI is InChI=1S/C17H14BrN3/c1-10-15-16(11-5-3-2-4-6-11)13-9-12(18)7-8-14(13)19-17(15)21-20-10/h2-9,14-15H,1H3,(H,19,21)/t14-,15-/m1/s1. The van der Waals surface area contributed by atoms with E-state index in [0.29, 0.717) is 0 Å². The molecule has 0 radical (unpaired) electrons. The summed E-state index contributed by atoms with van der Waals surface area (Å²) in [5.41, 5.74) is 7.95. The fourth-order valence-corrected chi connectivity index (χ4v) is 3.51. The molecular formula is C17H14BrN3. The van der Waals surface area contributed by atoms with Crippen LogP contribution in [0, 0.1) is 5.92 Å². The fraction of sp³-hybridized carbons (Fsp3) is 0.176. The van der Waals surface area contributed by atoms with Crippen LogP contribution in [0.2, 0.25) is 0 Å². The average Bonchev–Trinajstić information content (AvgIpc) is 2.87. The van der Waals surface area contributed by atoms with Crippen molar-refractivity contribution < 1.29 is 0 Å². The summed E-state index contributed by atoms with van der Waals surface area (Å²) < 4.78 is 1.08. The Morgan fingerprint density at radius 3 is 2.81 bits per heavy atom. The molecule has 1 N–H and O–H groups in total. The summed E-state index contributed by atoms with van der Waals surface area (Å²) in [6.07, 6.45) is 6.36. The van der Waals surface area contributed by atoms with E-state index in [0.717, 1.165) is 16.0 Å². The van der Waals surface area contributed by atoms with Crippen LogP contribution >= 0.6 is 15.9 Å². The van der Waals surface area contributed by atoms with Gasteiger partial charge < -0.3 is 0 Å². The van der Waals surface area contributed by atoms with Crippen LogP contribution in [0.25, 0.3) is 5.57 Å². The molecule has 21 heavy (non-hydrogen) atoms. The maximum atomic E-state index is 4.81. The van der Waals surface area contributed by atoms with Crippen molar-refractivity contribution in [2.24, 2.45) is 16.0 Å². The van der Waals surface area contributed by atoms with Gasteiger partial charge in [0.05, 0.1) is 17.7 Å². The molecule has 1 aromatic rings. The molecule has 2 aliphatic heterocycles. The molecule has 0 amide bonds. The molecule has 0 bridgehead atoms. The third-order valence-electron chi connectivity index (χ3n) is 4.05. The Bertz CT molecular complexity index is 753. The van der Waals surface area contributed by atoms with E-state index in [1.807, 2.05) is 6.07 Å². The first-order valence-electron chi connectivity index (χ1n) is 6.97. The minimum atomic E-state index is 0.0707. The molecule has 0 fully saturated rings. The number of aliphatic imine (C=N–C) groups is 1. The highest BCUT2D eigenvalue weighted by Gasteiger charge is 2.37. The van der Waals surface area contributed by atoms with Gasteiger partial charge in [-0.25, -0.2) is 0 Å². The second-order valence-corrected chi connectivity index (χ2v) is 6.30. The van der Waals surface area contributed by atoms with Crippen molar-refractivity contribution in [3.8, 4) is 0 Å². The summed E-state index contributed by atoms with van der Waals surface area (Å²) in [7, 11) is 0. The summed E-state index contributed by atoms with van der Waals surface area (Å²) in [5.74, 6) is 1.10. The van der Waals surface area contributed by atoms with E-state index < -0.39 is 0 Å². The Hall–Kier alpha value is -1.94. The number of halogens is 1. The van der Waals surface area contributed by atoms with E-state index in [2.05, 4.69) is 75.9 Å². The van der Waals surface area contributed by atoms with Gasteiger partial charge in [0.2, 0.25) is 0 Å². The fourth-order valence-electron chi connectivity index (χ4n) is 3.11. The molecule has 0 unspecified atom stereocenters. The zero-order chi connectivity index (χ0) is 14.4. The van der Waals surface area contributed by atoms with Crippen LogP contribution in [0.3, 0.4) is 0 Å². The summed E-state index contributed by atoms with van der Waals surface area (Å²) in [4.78, 5) is 4.81. The van der Waals surface area contributed by atoms with Gasteiger partial charge in [-0.3, -0.25) is 10.4 Å². The molecule has 2 atom stereocenters.